The zero-order valence-electron chi connectivity index (χ0n) is 11.9. The highest BCUT2D eigenvalue weighted by Gasteiger charge is 2.09. The highest BCUT2D eigenvalue weighted by atomic mass is 79.9. The summed E-state index contributed by atoms with van der Waals surface area (Å²) in [6, 6.07) is 10.3. The molecule has 1 aromatic carbocycles. The zero-order valence-corrected chi connectivity index (χ0v) is 13.5. The average Bonchev–Trinajstić information content (AvgIpc) is 3.08. The normalized spacial score (nSPS) is 10.5. The van der Waals surface area contributed by atoms with Gasteiger partial charge in [0.25, 0.3) is 5.69 Å². The van der Waals surface area contributed by atoms with E-state index in [1.54, 1.807) is 23.1 Å². The lowest BCUT2D eigenvalue weighted by molar-refractivity contribution is -0.384. The maximum atomic E-state index is 10.7. The zero-order chi connectivity index (χ0) is 16.2. The molecular formula is C15H12BrN5O2. The molecule has 1 N–H and O–H groups in total. The molecule has 0 bridgehead atoms. The predicted molar refractivity (Wildman–Crippen MR) is 89.5 cm³/mol. The lowest BCUT2D eigenvalue weighted by Gasteiger charge is -2.09. The van der Waals surface area contributed by atoms with Gasteiger partial charge in [0.15, 0.2) is 5.82 Å². The van der Waals surface area contributed by atoms with Gasteiger partial charge in [0.05, 0.1) is 4.92 Å². The van der Waals surface area contributed by atoms with Gasteiger partial charge in [-0.05, 0) is 45.8 Å². The second kappa shape index (κ2) is 6.57. The summed E-state index contributed by atoms with van der Waals surface area (Å²) in [5, 5.41) is 18.1. The third-order valence-electron chi connectivity index (χ3n) is 3.20. The van der Waals surface area contributed by atoms with Gasteiger partial charge in [0.1, 0.15) is 0 Å². The number of nitrogens with one attached hydrogen (secondary N) is 1. The van der Waals surface area contributed by atoms with E-state index in [0.717, 1.165) is 17.1 Å². The molecule has 23 heavy (non-hydrogen) atoms. The number of aromatic nitrogens is 3. The van der Waals surface area contributed by atoms with Gasteiger partial charge in [-0.25, -0.2) is 9.67 Å². The summed E-state index contributed by atoms with van der Waals surface area (Å²) in [5.41, 5.74) is 1.86. The number of pyridine rings is 1. The van der Waals surface area contributed by atoms with E-state index in [2.05, 4.69) is 31.3 Å². The standard InChI is InChI=1S/C15H12BrN5O2/c16-13-9-12(21(22)23)2-3-14(13)18-10-11-4-6-17-15(8-11)20-7-1-5-19-20/h1-9,18H,10H2. The Balaban J connectivity index is 1.74. The molecule has 0 amide bonds. The number of non-ortho nitro benzene ring substituents is 1. The minimum Gasteiger partial charge on any atom is -0.380 e. The van der Waals surface area contributed by atoms with Gasteiger partial charge in [-0.2, -0.15) is 5.10 Å². The molecule has 3 rings (SSSR count). The van der Waals surface area contributed by atoms with Crippen LogP contribution in [-0.4, -0.2) is 19.7 Å². The number of nitrogens with zero attached hydrogens (tertiary/aromatic N) is 4. The topological polar surface area (TPSA) is 85.9 Å². The molecule has 0 saturated heterocycles. The fraction of sp³-hybridized carbons (Fsp3) is 0.0667. The first-order valence-electron chi connectivity index (χ1n) is 6.76. The lowest BCUT2D eigenvalue weighted by Crippen LogP contribution is -2.03. The van der Waals surface area contributed by atoms with Crippen LogP contribution in [0.2, 0.25) is 0 Å². The summed E-state index contributed by atoms with van der Waals surface area (Å²) in [7, 11) is 0. The number of benzene rings is 1. The maximum absolute atomic E-state index is 10.7. The van der Waals surface area contributed by atoms with Crippen molar-refractivity contribution in [2.75, 3.05) is 5.32 Å². The van der Waals surface area contributed by atoms with Crippen LogP contribution in [0, 0.1) is 10.1 Å². The first-order chi connectivity index (χ1) is 11.1. The number of nitro benzene ring substituents is 1. The van der Waals surface area contributed by atoms with Gasteiger partial charge < -0.3 is 5.32 Å². The third kappa shape index (κ3) is 3.54. The van der Waals surface area contributed by atoms with Crippen LogP contribution in [0.5, 0.6) is 0 Å². The van der Waals surface area contributed by atoms with Crippen LogP contribution >= 0.6 is 15.9 Å². The van der Waals surface area contributed by atoms with Gasteiger partial charge >= 0.3 is 0 Å². The van der Waals surface area contributed by atoms with Crippen LogP contribution in [0.25, 0.3) is 5.82 Å². The number of hydrogen-bond acceptors (Lipinski definition) is 5. The number of anilines is 1. The quantitative estimate of drug-likeness (QED) is 0.545. The van der Waals surface area contributed by atoms with Gasteiger partial charge in [0, 0.05) is 47.4 Å². The first kappa shape index (κ1) is 15.2. The van der Waals surface area contributed by atoms with E-state index in [1.165, 1.54) is 12.1 Å². The van der Waals surface area contributed by atoms with E-state index in [9.17, 15) is 10.1 Å². The molecule has 2 aromatic heterocycles. The Hall–Kier alpha value is -2.74. The molecule has 116 valence electrons. The summed E-state index contributed by atoms with van der Waals surface area (Å²) in [6.45, 7) is 0.563. The molecule has 0 saturated carbocycles. The van der Waals surface area contributed by atoms with E-state index >= 15 is 0 Å². The van der Waals surface area contributed by atoms with Gasteiger partial charge in [-0.3, -0.25) is 10.1 Å². The summed E-state index contributed by atoms with van der Waals surface area (Å²) >= 11 is 3.34. The highest BCUT2D eigenvalue weighted by molar-refractivity contribution is 9.10. The van der Waals surface area contributed by atoms with Crippen LogP contribution in [0.15, 0.2) is 59.5 Å². The van der Waals surface area contributed by atoms with Crippen molar-refractivity contribution in [3.05, 3.63) is 75.1 Å². The molecule has 0 spiro atoms. The molecule has 0 aliphatic rings. The van der Waals surface area contributed by atoms with Crippen LogP contribution in [-0.2, 0) is 6.54 Å². The van der Waals surface area contributed by atoms with Crippen LogP contribution in [0.1, 0.15) is 5.56 Å². The molecule has 0 aliphatic heterocycles. The monoisotopic (exact) mass is 373 g/mol. The molecular weight excluding hydrogens is 362 g/mol. The van der Waals surface area contributed by atoms with Crippen LogP contribution in [0.3, 0.4) is 0 Å². The van der Waals surface area contributed by atoms with Crippen molar-refractivity contribution in [1.82, 2.24) is 14.8 Å². The van der Waals surface area contributed by atoms with Crippen molar-refractivity contribution in [3.63, 3.8) is 0 Å². The molecule has 0 radical (unpaired) electrons. The first-order valence-corrected chi connectivity index (χ1v) is 7.55. The average molecular weight is 374 g/mol. The van der Waals surface area contributed by atoms with Crippen LogP contribution < -0.4 is 5.32 Å². The van der Waals surface area contributed by atoms with E-state index in [4.69, 9.17) is 0 Å². The predicted octanol–water partition coefficient (Wildman–Crippen LogP) is 3.55. The molecule has 0 fully saturated rings. The molecule has 0 aliphatic carbocycles. The fourth-order valence-corrected chi connectivity index (χ4v) is 2.57. The van der Waals surface area contributed by atoms with Gasteiger partial charge in [-0.15, -0.1) is 0 Å². The number of nitro groups is 1. The Labute approximate surface area is 140 Å². The van der Waals surface area contributed by atoms with Crippen molar-refractivity contribution in [3.8, 4) is 5.82 Å². The van der Waals surface area contributed by atoms with Crippen molar-refractivity contribution in [1.29, 1.82) is 0 Å². The maximum Gasteiger partial charge on any atom is 0.270 e. The SMILES string of the molecule is O=[N+]([O-])c1ccc(NCc2ccnc(-n3cccn3)c2)c(Br)c1. The Bertz CT molecular complexity index is 836. The second-order valence-corrected chi connectivity index (χ2v) is 5.60. The Morgan fingerprint density at radius 2 is 2.13 bits per heavy atom. The number of rotatable bonds is 5. The molecule has 3 aromatic rings. The van der Waals surface area contributed by atoms with E-state index in [-0.39, 0.29) is 5.69 Å². The van der Waals surface area contributed by atoms with Crippen molar-refractivity contribution >= 4 is 27.3 Å². The summed E-state index contributed by atoms with van der Waals surface area (Å²) in [4.78, 5) is 14.6. The fourth-order valence-electron chi connectivity index (χ4n) is 2.06. The molecule has 8 heteroatoms. The van der Waals surface area contributed by atoms with Crippen molar-refractivity contribution in [2.24, 2.45) is 0 Å². The molecule has 7 nitrogen and oxygen atoms in total. The molecule has 0 atom stereocenters. The minimum atomic E-state index is -0.423. The molecule has 2 heterocycles. The highest BCUT2D eigenvalue weighted by Crippen LogP contribution is 2.27. The number of hydrogen-bond donors (Lipinski definition) is 1. The largest absolute Gasteiger partial charge is 0.380 e. The Morgan fingerprint density at radius 3 is 2.83 bits per heavy atom. The van der Waals surface area contributed by atoms with Crippen molar-refractivity contribution < 1.29 is 4.92 Å². The molecule has 0 unspecified atom stereocenters. The summed E-state index contributed by atoms with van der Waals surface area (Å²) in [5.74, 6) is 0.733. The summed E-state index contributed by atoms with van der Waals surface area (Å²) in [6.07, 6.45) is 5.24. The third-order valence-corrected chi connectivity index (χ3v) is 3.85. The van der Waals surface area contributed by atoms with Gasteiger partial charge in [0.2, 0.25) is 0 Å². The lowest BCUT2D eigenvalue weighted by atomic mass is 10.2. The second-order valence-electron chi connectivity index (χ2n) is 4.75. The van der Waals surface area contributed by atoms with Crippen molar-refractivity contribution in [2.45, 2.75) is 6.54 Å². The smallest absolute Gasteiger partial charge is 0.270 e. The van der Waals surface area contributed by atoms with E-state index in [0.29, 0.717) is 11.0 Å². The van der Waals surface area contributed by atoms with Crippen LogP contribution in [0.4, 0.5) is 11.4 Å². The van der Waals surface area contributed by atoms with E-state index in [1.807, 2.05) is 24.4 Å². The Morgan fingerprint density at radius 1 is 1.26 bits per heavy atom. The minimum absolute atomic E-state index is 0.0484. The number of halogens is 1. The Kier molecular flexibility index (Phi) is 4.33. The summed E-state index contributed by atoms with van der Waals surface area (Å²) < 4.78 is 2.33. The van der Waals surface area contributed by atoms with Gasteiger partial charge in [-0.1, -0.05) is 0 Å². The van der Waals surface area contributed by atoms with E-state index < -0.39 is 4.92 Å².